The molecule has 1 aromatic rings. The molecular weight excluding hydrogens is 199 g/mol. The average Bonchev–Trinajstić information content (AvgIpc) is 1.88. The number of hydrogen-bond donors (Lipinski definition) is 2. The molecule has 70 valence electrons. The summed E-state index contributed by atoms with van der Waals surface area (Å²) < 4.78 is 0. The van der Waals surface area contributed by atoms with Crippen LogP contribution in [-0.2, 0) is 0 Å². The van der Waals surface area contributed by atoms with E-state index in [1.807, 2.05) is 6.92 Å². The monoisotopic (exact) mass is 210 g/mol. The van der Waals surface area contributed by atoms with E-state index in [1.54, 1.807) is 12.3 Å². The van der Waals surface area contributed by atoms with E-state index in [0.29, 0.717) is 0 Å². The van der Waals surface area contributed by atoms with Crippen molar-refractivity contribution in [3.63, 3.8) is 0 Å². The number of hydrogen-bond acceptors (Lipinski definition) is 2. The van der Waals surface area contributed by atoms with E-state index in [-0.39, 0.29) is 36.4 Å². The lowest BCUT2D eigenvalue weighted by molar-refractivity contribution is 0.810. The van der Waals surface area contributed by atoms with E-state index >= 15 is 0 Å². The Bertz CT molecular complexity index is 252. The zero-order valence-electron chi connectivity index (χ0n) is 6.61. The van der Waals surface area contributed by atoms with Crippen LogP contribution in [0.2, 0.25) is 0 Å². The maximum Gasteiger partial charge on any atom is 0.247 e. The largest absolute Gasteiger partial charge is 0.329 e. The summed E-state index contributed by atoms with van der Waals surface area (Å²) in [6.07, 6.45) is 1.63. The first-order chi connectivity index (χ1) is 4.70. The lowest BCUT2D eigenvalue weighted by Crippen LogP contribution is -2.09. The molecule has 0 spiro atoms. The number of nitrogens with one attached hydrogen (secondary N) is 1. The molecule has 1 unspecified atom stereocenters. The zero-order valence-corrected chi connectivity index (χ0v) is 8.24. The third-order valence-corrected chi connectivity index (χ3v) is 1.33. The summed E-state index contributed by atoms with van der Waals surface area (Å²) in [4.78, 5) is 13.1. The first-order valence-corrected chi connectivity index (χ1v) is 3.14. The quantitative estimate of drug-likeness (QED) is 0.734. The van der Waals surface area contributed by atoms with Crippen molar-refractivity contribution in [1.82, 2.24) is 4.98 Å². The molecule has 3 N–H and O–H groups in total. The molecule has 0 aliphatic carbocycles. The lowest BCUT2D eigenvalue weighted by atomic mass is 10.2. The van der Waals surface area contributed by atoms with Crippen molar-refractivity contribution in [2.24, 2.45) is 5.73 Å². The van der Waals surface area contributed by atoms with E-state index in [4.69, 9.17) is 5.73 Å². The molecule has 0 aliphatic rings. The first-order valence-electron chi connectivity index (χ1n) is 3.14. The van der Waals surface area contributed by atoms with Gasteiger partial charge in [0.1, 0.15) is 0 Å². The van der Waals surface area contributed by atoms with E-state index in [1.165, 1.54) is 6.07 Å². The Kier molecular flexibility index (Phi) is 7.09. The van der Waals surface area contributed by atoms with Crippen molar-refractivity contribution in [3.05, 3.63) is 34.2 Å². The van der Waals surface area contributed by atoms with Crippen LogP contribution in [-0.4, -0.2) is 4.98 Å². The van der Waals surface area contributed by atoms with Gasteiger partial charge in [-0.25, -0.2) is 0 Å². The van der Waals surface area contributed by atoms with Crippen LogP contribution in [0.15, 0.2) is 23.1 Å². The summed E-state index contributed by atoms with van der Waals surface area (Å²) in [6.45, 7) is 1.87. The zero-order chi connectivity index (χ0) is 7.56. The molecule has 0 bridgehead atoms. The highest BCUT2D eigenvalue weighted by atomic mass is 35.5. The van der Waals surface area contributed by atoms with Gasteiger partial charge < -0.3 is 10.7 Å². The molecule has 0 fully saturated rings. The van der Waals surface area contributed by atoms with Gasteiger partial charge in [0.2, 0.25) is 5.56 Å². The van der Waals surface area contributed by atoms with Gasteiger partial charge >= 0.3 is 0 Å². The SMILES string of the molecule is CC(N)c1ccc(=O)[nH]c1.Cl.Cl. The number of aromatic amines is 1. The lowest BCUT2D eigenvalue weighted by Gasteiger charge is -2.01. The van der Waals surface area contributed by atoms with Crippen LogP contribution in [0.3, 0.4) is 0 Å². The Hall–Kier alpha value is -0.510. The van der Waals surface area contributed by atoms with Crippen LogP contribution in [0.25, 0.3) is 0 Å². The predicted molar refractivity (Wildman–Crippen MR) is 54.2 cm³/mol. The van der Waals surface area contributed by atoms with Crippen molar-refractivity contribution in [2.45, 2.75) is 13.0 Å². The van der Waals surface area contributed by atoms with Crippen LogP contribution in [0.4, 0.5) is 0 Å². The minimum atomic E-state index is -0.0931. The molecule has 0 saturated carbocycles. The number of pyridine rings is 1. The molecule has 3 nitrogen and oxygen atoms in total. The Balaban J connectivity index is 0. The fourth-order valence-electron chi connectivity index (χ4n) is 0.706. The van der Waals surface area contributed by atoms with Gasteiger partial charge in [-0.2, -0.15) is 0 Å². The molecule has 0 aliphatic heterocycles. The minimum Gasteiger partial charge on any atom is -0.329 e. The molecule has 12 heavy (non-hydrogen) atoms. The number of aromatic nitrogens is 1. The maximum atomic E-state index is 10.5. The van der Waals surface area contributed by atoms with Gasteiger partial charge in [0.05, 0.1) is 0 Å². The van der Waals surface area contributed by atoms with Gasteiger partial charge in [-0.1, -0.05) is 6.07 Å². The van der Waals surface area contributed by atoms with Crippen molar-refractivity contribution in [1.29, 1.82) is 0 Å². The second-order valence-electron chi connectivity index (χ2n) is 2.27. The molecule has 0 radical (unpaired) electrons. The summed E-state index contributed by atoms with van der Waals surface area (Å²) in [5.74, 6) is 0. The smallest absolute Gasteiger partial charge is 0.247 e. The Morgan fingerprint density at radius 1 is 1.42 bits per heavy atom. The van der Waals surface area contributed by atoms with Gasteiger partial charge in [0.25, 0.3) is 0 Å². The molecule has 0 saturated heterocycles. The third-order valence-electron chi connectivity index (χ3n) is 1.33. The average molecular weight is 211 g/mol. The van der Waals surface area contributed by atoms with Crippen LogP contribution in [0.1, 0.15) is 18.5 Å². The van der Waals surface area contributed by atoms with Crippen molar-refractivity contribution in [2.75, 3.05) is 0 Å². The number of rotatable bonds is 1. The van der Waals surface area contributed by atoms with Crippen LogP contribution in [0.5, 0.6) is 0 Å². The highest BCUT2D eigenvalue weighted by molar-refractivity contribution is 5.85. The van der Waals surface area contributed by atoms with Crippen molar-refractivity contribution < 1.29 is 0 Å². The second-order valence-corrected chi connectivity index (χ2v) is 2.27. The number of nitrogens with two attached hydrogens (primary N) is 1. The number of halogens is 2. The second kappa shape index (κ2) is 6.06. The normalized spacial score (nSPS) is 10.8. The van der Waals surface area contributed by atoms with E-state index in [9.17, 15) is 4.79 Å². The minimum absolute atomic E-state index is 0. The molecule has 1 atom stereocenters. The van der Waals surface area contributed by atoms with E-state index in [2.05, 4.69) is 4.98 Å². The predicted octanol–water partition coefficient (Wildman–Crippen LogP) is 1.24. The summed E-state index contributed by atoms with van der Waals surface area (Å²) in [6, 6.07) is 3.18. The molecular formula is C7H12Cl2N2O. The first kappa shape index (κ1) is 14.0. The summed E-state index contributed by atoms with van der Waals surface area (Å²) in [5, 5.41) is 0. The van der Waals surface area contributed by atoms with Gasteiger partial charge in [-0.3, -0.25) is 4.79 Å². The molecule has 1 heterocycles. The fourth-order valence-corrected chi connectivity index (χ4v) is 0.706. The topological polar surface area (TPSA) is 58.9 Å². The van der Waals surface area contributed by atoms with Crippen LogP contribution >= 0.6 is 24.8 Å². The molecule has 1 aromatic heterocycles. The van der Waals surface area contributed by atoms with E-state index in [0.717, 1.165) is 5.56 Å². The Morgan fingerprint density at radius 3 is 2.33 bits per heavy atom. The molecule has 1 rings (SSSR count). The number of H-pyrrole nitrogens is 1. The van der Waals surface area contributed by atoms with Crippen LogP contribution in [0, 0.1) is 0 Å². The third kappa shape index (κ3) is 3.76. The summed E-state index contributed by atoms with van der Waals surface area (Å²) >= 11 is 0. The Labute approximate surface area is 83.2 Å². The van der Waals surface area contributed by atoms with Gasteiger partial charge in [0, 0.05) is 18.3 Å². The highest BCUT2D eigenvalue weighted by Gasteiger charge is 1.95. The molecule has 0 amide bonds. The van der Waals surface area contributed by atoms with E-state index < -0.39 is 0 Å². The van der Waals surface area contributed by atoms with Gasteiger partial charge in [-0.05, 0) is 12.5 Å². The molecule has 0 aromatic carbocycles. The van der Waals surface area contributed by atoms with Crippen molar-refractivity contribution >= 4 is 24.8 Å². The highest BCUT2D eigenvalue weighted by Crippen LogP contribution is 2.03. The van der Waals surface area contributed by atoms with Gasteiger partial charge in [-0.15, -0.1) is 24.8 Å². The maximum absolute atomic E-state index is 10.5. The fraction of sp³-hybridized carbons (Fsp3) is 0.286. The Morgan fingerprint density at radius 2 is 2.00 bits per heavy atom. The van der Waals surface area contributed by atoms with Gasteiger partial charge in [0.15, 0.2) is 0 Å². The van der Waals surface area contributed by atoms with Crippen LogP contribution < -0.4 is 11.3 Å². The standard InChI is InChI=1S/C7H10N2O.2ClH/c1-5(8)6-2-3-7(10)9-4-6;;/h2-5H,8H2,1H3,(H,9,10);2*1H. The van der Waals surface area contributed by atoms with Crippen molar-refractivity contribution in [3.8, 4) is 0 Å². The molecule has 5 heteroatoms. The summed E-state index contributed by atoms with van der Waals surface area (Å²) in [5.41, 5.74) is 6.39. The summed E-state index contributed by atoms with van der Waals surface area (Å²) in [7, 11) is 0.